The van der Waals surface area contributed by atoms with Crippen molar-refractivity contribution >= 4 is 62.9 Å². The molecule has 0 atom stereocenters. The second-order valence-corrected chi connectivity index (χ2v) is 9.11. The van der Waals surface area contributed by atoms with Crippen molar-refractivity contribution in [1.82, 2.24) is 9.62 Å². The Morgan fingerprint density at radius 2 is 1.74 bits per heavy atom. The van der Waals surface area contributed by atoms with Gasteiger partial charge in [0.25, 0.3) is 15.9 Å². The molecule has 1 fully saturated rings. The van der Waals surface area contributed by atoms with E-state index >= 15 is 0 Å². The minimum atomic E-state index is -4.36. The third-order valence-electron chi connectivity index (χ3n) is 4.25. The van der Waals surface area contributed by atoms with E-state index in [-0.39, 0.29) is 33.3 Å². The van der Waals surface area contributed by atoms with Crippen molar-refractivity contribution in [3.63, 3.8) is 0 Å². The molecular formula is C19H15Cl2N3O6S. The average Bonchev–Trinajstić information content (AvgIpc) is 2.84. The molecule has 9 nitrogen and oxygen atoms in total. The van der Waals surface area contributed by atoms with Crippen LogP contribution in [0.5, 0.6) is 0 Å². The highest BCUT2D eigenvalue weighted by molar-refractivity contribution is 7.89. The van der Waals surface area contributed by atoms with Crippen LogP contribution in [0, 0.1) is 0 Å². The van der Waals surface area contributed by atoms with Gasteiger partial charge in [-0.1, -0.05) is 23.2 Å². The van der Waals surface area contributed by atoms with E-state index in [0.29, 0.717) is 9.33 Å². The summed E-state index contributed by atoms with van der Waals surface area (Å²) in [5.41, 5.74) is 0.261. The predicted molar refractivity (Wildman–Crippen MR) is 114 cm³/mol. The summed E-state index contributed by atoms with van der Waals surface area (Å²) in [7, 11) is -4.36. The first-order valence-electron chi connectivity index (χ1n) is 8.67. The number of hydrogen-bond donors (Lipinski definition) is 3. The zero-order chi connectivity index (χ0) is 22.8. The van der Waals surface area contributed by atoms with Crippen LogP contribution in [0.2, 0.25) is 10.0 Å². The number of hydrogen-bond acceptors (Lipinski definition) is 5. The van der Waals surface area contributed by atoms with Crippen molar-refractivity contribution in [3.05, 3.63) is 63.6 Å². The second kappa shape index (κ2) is 8.96. The molecule has 0 aromatic heterocycles. The summed E-state index contributed by atoms with van der Waals surface area (Å²) >= 11 is 11.8. The fraction of sp³-hybridized carbons (Fsp3) is 0.105. The summed E-state index contributed by atoms with van der Waals surface area (Å²) in [4.78, 5) is 36.0. The Kier molecular flexibility index (Phi) is 6.54. The minimum absolute atomic E-state index is 0.0842. The van der Waals surface area contributed by atoms with Gasteiger partial charge in [-0.3, -0.25) is 14.9 Å². The van der Waals surface area contributed by atoms with Gasteiger partial charge >= 0.3 is 6.09 Å². The van der Waals surface area contributed by atoms with Gasteiger partial charge in [-0.05, 0) is 48.5 Å². The van der Waals surface area contributed by atoms with Crippen LogP contribution >= 0.6 is 23.2 Å². The minimum Gasteiger partial charge on any atom is -0.465 e. The summed E-state index contributed by atoms with van der Waals surface area (Å²) in [6.45, 7) is -0.972. The number of amides is 3. The van der Waals surface area contributed by atoms with Crippen LogP contribution in [-0.4, -0.2) is 48.8 Å². The number of anilines is 1. The standard InChI is InChI=1S/C19H15Cl2N3O6S/c20-13-1-4-15(5-2-13)31(29,30)24-10-17(25)22-9-12(18(24)26)7-11-8-14(21)3-6-16(11)23-19(27)28/h1-8,23H,9-10H2,(H,22,25)(H,27,28). The first-order chi connectivity index (χ1) is 14.6. The summed E-state index contributed by atoms with van der Waals surface area (Å²) in [5.74, 6) is -1.61. The topological polar surface area (TPSA) is 133 Å². The maximum absolute atomic E-state index is 13.1. The quantitative estimate of drug-likeness (QED) is 0.572. The highest BCUT2D eigenvalue weighted by Gasteiger charge is 2.35. The van der Waals surface area contributed by atoms with Crippen LogP contribution in [0.1, 0.15) is 5.56 Å². The van der Waals surface area contributed by atoms with E-state index in [2.05, 4.69) is 10.6 Å². The molecule has 1 aliphatic rings. The monoisotopic (exact) mass is 483 g/mol. The van der Waals surface area contributed by atoms with E-state index < -0.39 is 34.5 Å². The van der Waals surface area contributed by atoms with E-state index in [1.54, 1.807) is 0 Å². The van der Waals surface area contributed by atoms with E-state index in [9.17, 15) is 22.8 Å². The van der Waals surface area contributed by atoms with Crippen molar-refractivity contribution in [2.45, 2.75) is 4.90 Å². The molecule has 2 aromatic carbocycles. The molecule has 0 radical (unpaired) electrons. The van der Waals surface area contributed by atoms with Gasteiger partial charge in [-0.25, -0.2) is 17.5 Å². The molecule has 31 heavy (non-hydrogen) atoms. The molecule has 2 aromatic rings. The Morgan fingerprint density at radius 1 is 1.10 bits per heavy atom. The lowest BCUT2D eigenvalue weighted by Crippen LogP contribution is -2.40. The van der Waals surface area contributed by atoms with Gasteiger partial charge in [0.2, 0.25) is 5.91 Å². The molecule has 0 unspecified atom stereocenters. The maximum Gasteiger partial charge on any atom is 0.409 e. The van der Waals surface area contributed by atoms with Crippen LogP contribution in [0.25, 0.3) is 6.08 Å². The van der Waals surface area contributed by atoms with Crippen molar-refractivity contribution in [3.8, 4) is 0 Å². The highest BCUT2D eigenvalue weighted by atomic mass is 35.5. The van der Waals surface area contributed by atoms with Crippen molar-refractivity contribution in [1.29, 1.82) is 0 Å². The summed E-state index contributed by atoms with van der Waals surface area (Å²) < 4.78 is 26.5. The number of benzene rings is 2. The Morgan fingerprint density at radius 3 is 2.39 bits per heavy atom. The number of sulfonamides is 1. The van der Waals surface area contributed by atoms with E-state index in [4.69, 9.17) is 28.3 Å². The maximum atomic E-state index is 13.1. The normalized spacial score (nSPS) is 16.1. The van der Waals surface area contributed by atoms with Crippen LogP contribution in [0.3, 0.4) is 0 Å². The van der Waals surface area contributed by atoms with Crippen LogP contribution in [0.15, 0.2) is 52.9 Å². The molecule has 3 amide bonds. The molecule has 1 saturated heterocycles. The van der Waals surface area contributed by atoms with Gasteiger partial charge in [0.15, 0.2) is 0 Å². The zero-order valence-electron chi connectivity index (χ0n) is 15.6. The molecule has 0 bridgehead atoms. The van der Waals surface area contributed by atoms with E-state index in [1.807, 2.05) is 0 Å². The Hall–Kier alpha value is -3.08. The van der Waals surface area contributed by atoms with E-state index in [1.165, 1.54) is 48.5 Å². The van der Waals surface area contributed by atoms with Crippen molar-refractivity contribution < 1.29 is 27.9 Å². The van der Waals surface area contributed by atoms with Crippen molar-refractivity contribution in [2.24, 2.45) is 0 Å². The molecular weight excluding hydrogens is 469 g/mol. The van der Waals surface area contributed by atoms with Crippen molar-refractivity contribution in [2.75, 3.05) is 18.4 Å². The van der Waals surface area contributed by atoms with Gasteiger partial charge in [-0.2, -0.15) is 0 Å². The lowest BCUT2D eigenvalue weighted by Gasteiger charge is -2.20. The Bertz CT molecular complexity index is 1200. The zero-order valence-corrected chi connectivity index (χ0v) is 18.0. The van der Waals surface area contributed by atoms with Crippen LogP contribution < -0.4 is 10.6 Å². The summed E-state index contributed by atoms with van der Waals surface area (Å²) in [5, 5.41) is 14.2. The Balaban J connectivity index is 2.06. The smallest absolute Gasteiger partial charge is 0.409 e. The molecule has 1 heterocycles. The van der Waals surface area contributed by atoms with Gasteiger partial charge < -0.3 is 10.4 Å². The van der Waals surface area contributed by atoms with Gasteiger partial charge in [0.05, 0.1) is 10.6 Å². The molecule has 162 valence electrons. The molecule has 0 aliphatic carbocycles. The largest absolute Gasteiger partial charge is 0.465 e. The number of carbonyl (C=O) groups is 3. The average molecular weight is 484 g/mol. The first kappa shape index (κ1) is 22.6. The highest BCUT2D eigenvalue weighted by Crippen LogP contribution is 2.26. The number of carbonyl (C=O) groups excluding carboxylic acids is 2. The fourth-order valence-corrected chi connectivity index (χ4v) is 4.46. The van der Waals surface area contributed by atoms with Crippen LogP contribution in [-0.2, 0) is 19.6 Å². The van der Waals surface area contributed by atoms with E-state index in [0.717, 1.165) is 0 Å². The molecule has 0 spiro atoms. The predicted octanol–water partition coefficient (Wildman–Crippen LogP) is 2.81. The van der Waals surface area contributed by atoms with Gasteiger partial charge in [-0.15, -0.1) is 0 Å². The van der Waals surface area contributed by atoms with Crippen LogP contribution in [0.4, 0.5) is 10.5 Å². The number of rotatable bonds is 4. The number of halogens is 2. The molecule has 3 N–H and O–H groups in total. The number of nitrogens with one attached hydrogen (secondary N) is 2. The lowest BCUT2D eigenvalue weighted by atomic mass is 10.1. The summed E-state index contributed by atoms with van der Waals surface area (Å²) in [6.07, 6.45) is -0.0652. The molecule has 12 heteroatoms. The fourth-order valence-electron chi connectivity index (χ4n) is 2.80. The molecule has 3 rings (SSSR count). The number of nitrogens with zero attached hydrogens (tertiary/aromatic N) is 1. The molecule has 0 saturated carbocycles. The summed E-state index contributed by atoms with van der Waals surface area (Å²) in [6, 6.07) is 9.39. The lowest BCUT2D eigenvalue weighted by molar-refractivity contribution is -0.127. The second-order valence-electron chi connectivity index (χ2n) is 6.38. The third-order valence-corrected chi connectivity index (χ3v) is 6.48. The Labute approximate surface area is 187 Å². The molecule has 1 aliphatic heterocycles. The van der Waals surface area contributed by atoms with Gasteiger partial charge in [0.1, 0.15) is 6.54 Å². The third kappa shape index (κ3) is 5.16. The SMILES string of the molecule is O=C(O)Nc1ccc(Cl)cc1C=C1CNC(=O)CN(S(=O)(=O)c2ccc(Cl)cc2)C1=O. The first-order valence-corrected chi connectivity index (χ1v) is 10.9. The number of carboxylic acid groups (broad SMARTS) is 1. The van der Waals surface area contributed by atoms with Gasteiger partial charge in [0, 0.05) is 27.7 Å².